The van der Waals surface area contributed by atoms with Crippen molar-refractivity contribution < 1.29 is 0 Å². The van der Waals surface area contributed by atoms with Gasteiger partial charge in [0.25, 0.3) is 0 Å². The summed E-state index contributed by atoms with van der Waals surface area (Å²) in [5.41, 5.74) is 4.06. The molecule has 0 N–H and O–H groups in total. The summed E-state index contributed by atoms with van der Waals surface area (Å²) in [5.74, 6) is 0. The van der Waals surface area contributed by atoms with Gasteiger partial charge < -0.3 is 0 Å². The molecular weight excluding hydrogens is 283 g/mol. The van der Waals surface area contributed by atoms with Crippen LogP contribution >= 0.6 is 8.58 Å². The van der Waals surface area contributed by atoms with Gasteiger partial charge in [-0.1, -0.05) is 92.4 Å². The smallest absolute Gasteiger partial charge is 0.0193 e. The zero-order valence-electron chi connectivity index (χ0n) is 13.9. The molecule has 0 aliphatic rings. The molecule has 0 amide bonds. The van der Waals surface area contributed by atoms with E-state index >= 15 is 0 Å². The van der Waals surface area contributed by atoms with Crippen molar-refractivity contribution in [3.63, 3.8) is 0 Å². The van der Waals surface area contributed by atoms with Gasteiger partial charge in [-0.2, -0.15) is 0 Å². The van der Waals surface area contributed by atoms with Crippen molar-refractivity contribution in [3.05, 3.63) is 65.2 Å². The van der Waals surface area contributed by atoms with E-state index in [2.05, 4.69) is 76.2 Å². The van der Waals surface area contributed by atoms with Crippen molar-refractivity contribution >= 4 is 13.9 Å². The highest BCUT2D eigenvalue weighted by Gasteiger charge is 1.91. The second-order valence-corrected chi connectivity index (χ2v) is 6.87. The second-order valence-electron chi connectivity index (χ2n) is 5.59. The molecule has 2 aromatic rings. The molecule has 0 bridgehead atoms. The van der Waals surface area contributed by atoms with Crippen molar-refractivity contribution in [1.29, 1.82) is 0 Å². The lowest BCUT2D eigenvalue weighted by atomic mass is 10.1. The van der Waals surface area contributed by atoms with Gasteiger partial charge in [-0.05, 0) is 47.2 Å². The first kappa shape index (κ1) is 20.9. The van der Waals surface area contributed by atoms with Crippen molar-refractivity contribution in [2.24, 2.45) is 0 Å². The highest BCUT2D eigenvalue weighted by Crippen LogP contribution is 2.12. The molecule has 0 aromatic heterocycles. The average Bonchev–Trinajstić information content (AvgIpc) is 2.44. The summed E-state index contributed by atoms with van der Waals surface area (Å²) in [5, 5.41) is 1.45. The van der Waals surface area contributed by atoms with Gasteiger partial charge in [0, 0.05) is 0 Å². The van der Waals surface area contributed by atoms with Gasteiger partial charge in [0.2, 0.25) is 0 Å². The standard InChI is InChI=1S/C11H16P.C9H12.CH4/c1-2-3-7-10-12-11-8-5-4-6-9-11;1-7-4-8(2)6-9(3)5-7;/h4-6,8-9H,2-3,7,10H2,1H3;4-6H,1-3H3;1H4. The molecule has 121 valence electrons. The predicted molar refractivity (Wildman–Crippen MR) is 105 cm³/mol. The van der Waals surface area contributed by atoms with Crippen LogP contribution in [0.5, 0.6) is 0 Å². The van der Waals surface area contributed by atoms with Crippen LogP contribution in [-0.4, -0.2) is 6.16 Å². The largest absolute Gasteiger partial charge is 0.0776 e. The Morgan fingerprint density at radius 3 is 1.73 bits per heavy atom. The Balaban J connectivity index is 0.000000397. The maximum Gasteiger partial charge on any atom is -0.0193 e. The van der Waals surface area contributed by atoms with Gasteiger partial charge in [-0.25, -0.2) is 0 Å². The molecule has 0 aliphatic carbocycles. The quantitative estimate of drug-likeness (QED) is 0.425. The van der Waals surface area contributed by atoms with Crippen molar-refractivity contribution in [2.45, 2.75) is 54.4 Å². The van der Waals surface area contributed by atoms with Crippen LogP contribution < -0.4 is 5.30 Å². The molecule has 0 atom stereocenters. The zero-order valence-corrected chi connectivity index (χ0v) is 14.8. The molecule has 2 rings (SSSR count). The highest BCUT2D eigenvalue weighted by molar-refractivity contribution is 7.47. The number of aryl methyl sites for hydroxylation is 3. The topological polar surface area (TPSA) is 0 Å². The average molecular weight is 315 g/mol. The van der Waals surface area contributed by atoms with E-state index in [0.717, 1.165) is 0 Å². The summed E-state index contributed by atoms with van der Waals surface area (Å²) in [6, 6.07) is 17.3. The molecule has 0 saturated heterocycles. The van der Waals surface area contributed by atoms with Crippen LogP contribution in [0, 0.1) is 20.8 Å². The minimum atomic E-state index is 0. The Morgan fingerprint density at radius 2 is 1.27 bits per heavy atom. The van der Waals surface area contributed by atoms with Gasteiger partial charge in [0.1, 0.15) is 0 Å². The molecule has 22 heavy (non-hydrogen) atoms. The summed E-state index contributed by atoms with van der Waals surface area (Å²) >= 11 is 0. The van der Waals surface area contributed by atoms with E-state index in [-0.39, 0.29) is 7.43 Å². The van der Waals surface area contributed by atoms with Crippen LogP contribution in [0.25, 0.3) is 0 Å². The van der Waals surface area contributed by atoms with E-state index in [1.807, 2.05) is 0 Å². The van der Waals surface area contributed by atoms with Crippen LogP contribution in [-0.2, 0) is 0 Å². The van der Waals surface area contributed by atoms with E-state index in [4.69, 9.17) is 0 Å². The molecule has 1 heteroatoms. The Hall–Kier alpha value is -1.13. The van der Waals surface area contributed by atoms with Crippen LogP contribution in [0.15, 0.2) is 48.5 Å². The first-order valence-corrected chi connectivity index (χ1v) is 8.97. The lowest BCUT2D eigenvalue weighted by Gasteiger charge is -1.98. The van der Waals surface area contributed by atoms with Gasteiger partial charge >= 0.3 is 0 Å². The third kappa shape index (κ3) is 9.74. The fourth-order valence-electron chi connectivity index (χ4n) is 2.31. The summed E-state index contributed by atoms with van der Waals surface area (Å²) in [6.07, 6.45) is 5.38. The Kier molecular flexibility index (Phi) is 11.8. The molecule has 0 saturated carbocycles. The minimum Gasteiger partial charge on any atom is -0.0776 e. The summed E-state index contributed by atoms with van der Waals surface area (Å²) < 4.78 is 0. The zero-order chi connectivity index (χ0) is 15.5. The molecule has 0 fully saturated rings. The lowest BCUT2D eigenvalue weighted by molar-refractivity contribution is 0.778. The van der Waals surface area contributed by atoms with Crippen LogP contribution in [0.1, 0.15) is 50.3 Å². The minimum absolute atomic E-state index is 0. The fourth-order valence-corrected chi connectivity index (χ4v) is 3.33. The predicted octanol–water partition coefficient (Wildman–Crippen LogP) is 6.70. The highest BCUT2D eigenvalue weighted by atomic mass is 31.1. The molecule has 0 heterocycles. The number of rotatable bonds is 5. The monoisotopic (exact) mass is 315 g/mol. The second kappa shape index (κ2) is 12.4. The molecule has 0 aliphatic heterocycles. The molecule has 0 nitrogen and oxygen atoms in total. The first-order chi connectivity index (χ1) is 10.1. The number of hydrogen-bond donors (Lipinski definition) is 0. The Morgan fingerprint density at radius 1 is 0.773 bits per heavy atom. The Labute approximate surface area is 140 Å². The van der Waals surface area contributed by atoms with E-state index < -0.39 is 0 Å². The normalized spacial score (nSPS) is 10.0. The maximum atomic E-state index is 2.25. The van der Waals surface area contributed by atoms with Gasteiger partial charge in [0.15, 0.2) is 0 Å². The first-order valence-electron chi connectivity index (χ1n) is 7.89. The summed E-state index contributed by atoms with van der Waals surface area (Å²) in [4.78, 5) is 0. The molecule has 0 spiro atoms. The number of benzene rings is 2. The summed E-state index contributed by atoms with van der Waals surface area (Å²) in [7, 11) is 1.49. The van der Waals surface area contributed by atoms with E-state index in [9.17, 15) is 0 Å². The number of unbranched alkanes of at least 4 members (excludes halogenated alkanes) is 2. The van der Waals surface area contributed by atoms with Crippen LogP contribution in [0.4, 0.5) is 0 Å². The lowest BCUT2D eigenvalue weighted by Crippen LogP contribution is -1.93. The van der Waals surface area contributed by atoms with Crippen LogP contribution in [0.2, 0.25) is 0 Å². The SMILES string of the molecule is C.CCCCC[P]c1ccccc1.Cc1cc(C)cc(C)c1. The van der Waals surface area contributed by atoms with Crippen molar-refractivity contribution in [3.8, 4) is 0 Å². The Bertz CT molecular complexity index is 452. The van der Waals surface area contributed by atoms with E-state index in [1.54, 1.807) is 0 Å². The van der Waals surface area contributed by atoms with Crippen molar-refractivity contribution in [1.82, 2.24) is 0 Å². The van der Waals surface area contributed by atoms with Crippen LogP contribution in [0.3, 0.4) is 0 Å². The van der Waals surface area contributed by atoms with E-state index in [1.165, 1.54) is 56.0 Å². The molecule has 1 radical (unpaired) electrons. The fraction of sp³-hybridized carbons (Fsp3) is 0.429. The van der Waals surface area contributed by atoms with Gasteiger partial charge in [-0.15, -0.1) is 0 Å². The molecule has 0 unspecified atom stereocenters. The molecule has 2 aromatic carbocycles. The maximum absolute atomic E-state index is 2.25. The van der Waals surface area contributed by atoms with Crippen molar-refractivity contribution in [2.75, 3.05) is 6.16 Å². The van der Waals surface area contributed by atoms with Gasteiger partial charge in [0.05, 0.1) is 0 Å². The molecular formula is C21H32P. The third-order valence-corrected chi connectivity index (χ3v) is 4.38. The number of hydrogen-bond acceptors (Lipinski definition) is 0. The van der Waals surface area contributed by atoms with Gasteiger partial charge in [-0.3, -0.25) is 0 Å². The van der Waals surface area contributed by atoms with E-state index in [0.29, 0.717) is 0 Å². The third-order valence-electron chi connectivity index (χ3n) is 3.18. The summed E-state index contributed by atoms with van der Waals surface area (Å²) in [6.45, 7) is 8.62.